The van der Waals surface area contributed by atoms with E-state index in [1.54, 1.807) is 0 Å². The van der Waals surface area contributed by atoms with Crippen molar-refractivity contribution in [3.8, 4) is 0 Å². The van der Waals surface area contributed by atoms with Gasteiger partial charge in [-0.3, -0.25) is 4.79 Å². The second-order valence-corrected chi connectivity index (χ2v) is 6.37. The van der Waals surface area contributed by atoms with E-state index in [9.17, 15) is 4.79 Å². The first-order valence-corrected chi connectivity index (χ1v) is 8.97. The summed E-state index contributed by atoms with van der Waals surface area (Å²) in [5, 5.41) is 4.43. The Morgan fingerprint density at radius 3 is 2.67 bits per heavy atom. The number of piperazine rings is 1. The van der Waals surface area contributed by atoms with Gasteiger partial charge in [0, 0.05) is 31.6 Å². The van der Waals surface area contributed by atoms with E-state index in [-0.39, 0.29) is 5.56 Å². The van der Waals surface area contributed by atoms with Gasteiger partial charge >= 0.3 is 5.56 Å². The monoisotopic (exact) mass is 329 g/mol. The van der Waals surface area contributed by atoms with E-state index in [4.69, 9.17) is 4.84 Å². The number of nitrogens with one attached hydrogen (secondary N) is 1. The van der Waals surface area contributed by atoms with Crippen LogP contribution in [0.25, 0.3) is 10.9 Å². The third-order valence-electron chi connectivity index (χ3n) is 4.67. The molecule has 1 aromatic carbocycles. The highest BCUT2D eigenvalue weighted by atomic mass is 16.7. The molecule has 0 atom stereocenters. The summed E-state index contributed by atoms with van der Waals surface area (Å²) in [6, 6.07) is 8.01. The van der Waals surface area contributed by atoms with Crippen molar-refractivity contribution < 1.29 is 4.84 Å². The zero-order valence-corrected chi connectivity index (χ0v) is 14.7. The number of unbranched alkanes of at least 4 members (excludes halogenated alkanes) is 2. The maximum absolute atomic E-state index is 13.1. The van der Waals surface area contributed by atoms with E-state index >= 15 is 0 Å². The summed E-state index contributed by atoms with van der Waals surface area (Å²) in [6.45, 7) is 8.29. The molecule has 1 saturated heterocycles. The van der Waals surface area contributed by atoms with Gasteiger partial charge in [-0.1, -0.05) is 38.0 Å². The molecule has 5 nitrogen and oxygen atoms in total. The zero-order chi connectivity index (χ0) is 16.9. The summed E-state index contributed by atoms with van der Waals surface area (Å²) < 4.78 is 1.51. The van der Waals surface area contributed by atoms with E-state index in [1.807, 2.05) is 25.1 Å². The molecule has 1 aliphatic heterocycles. The van der Waals surface area contributed by atoms with Crippen LogP contribution in [-0.2, 0) is 0 Å². The van der Waals surface area contributed by atoms with Crippen LogP contribution in [0.15, 0.2) is 29.1 Å². The topological polar surface area (TPSA) is 46.5 Å². The van der Waals surface area contributed by atoms with E-state index < -0.39 is 0 Å². The van der Waals surface area contributed by atoms with Crippen molar-refractivity contribution in [2.45, 2.75) is 33.1 Å². The molecule has 0 unspecified atom stereocenters. The Hall–Kier alpha value is -2.01. The Balaban J connectivity index is 2.05. The van der Waals surface area contributed by atoms with Crippen LogP contribution in [0.4, 0.5) is 5.69 Å². The third-order valence-corrected chi connectivity index (χ3v) is 4.67. The van der Waals surface area contributed by atoms with E-state index in [2.05, 4.69) is 23.2 Å². The van der Waals surface area contributed by atoms with Crippen LogP contribution in [-0.4, -0.2) is 37.5 Å². The van der Waals surface area contributed by atoms with Crippen LogP contribution in [0.2, 0.25) is 0 Å². The lowest BCUT2D eigenvalue weighted by Crippen LogP contribution is -2.47. The largest absolute Gasteiger partial charge is 0.410 e. The highest BCUT2D eigenvalue weighted by Gasteiger charge is 2.21. The molecule has 2 heterocycles. The summed E-state index contributed by atoms with van der Waals surface area (Å²) >= 11 is 0. The highest BCUT2D eigenvalue weighted by Crippen LogP contribution is 2.24. The summed E-state index contributed by atoms with van der Waals surface area (Å²) in [6.07, 6.45) is 3.22. The molecule has 1 fully saturated rings. The van der Waals surface area contributed by atoms with Crippen molar-refractivity contribution in [1.29, 1.82) is 0 Å². The van der Waals surface area contributed by atoms with Gasteiger partial charge in [-0.25, -0.2) is 0 Å². The second kappa shape index (κ2) is 7.71. The number of hydrogen-bond acceptors (Lipinski definition) is 4. The molecule has 2 aromatic rings. The lowest BCUT2D eigenvalue weighted by Gasteiger charge is -2.31. The van der Waals surface area contributed by atoms with Crippen molar-refractivity contribution in [1.82, 2.24) is 10.0 Å². The molecule has 5 heteroatoms. The Kier molecular flexibility index (Phi) is 5.41. The zero-order valence-electron chi connectivity index (χ0n) is 14.7. The average molecular weight is 329 g/mol. The van der Waals surface area contributed by atoms with Crippen LogP contribution in [0.1, 0.15) is 31.7 Å². The molecule has 0 radical (unpaired) electrons. The van der Waals surface area contributed by atoms with Crippen LogP contribution < -0.4 is 20.6 Å². The molecule has 130 valence electrons. The molecule has 0 aliphatic carbocycles. The first kappa shape index (κ1) is 16.8. The van der Waals surface area contributed by atoms with Crippen molar-refractivity contribution in [2.24, 2.45) is 0 Å². The van der Waals surface area contributed by atoms with Crippen molar-refractivity contribution in [3.63, 3.8) is 0 Å². The Morgan fingerprint density at radius 1 is 1.17 bits per heavy atom. The quantitative estimate of drug-likeness (QED) is 0.827. The molecule has 3 rings (SSSR count). The summed E-state index contributed by atoms with van der Waals surface area (Å²) in [5.41, 5.74) is 2.65. The Labute approximate surface area is 143 Å². The van der Waals surface area contributed by atoms with E-state index in [0.717, 1.165) is 67.6 Å². The van der Waals surface area contributed by atoms with Gasteiger partial charge < -0.3 is 15.1 Å². The number of nitrogens with zero attached hydrogens (tertiary/aromatic N) is 2. The van der Waals surface area contributed by atoms with Crippen LogP contribution >= 0.6 is 0 Å². The number of fused-ring (bicyclic) bond motifs is 1. The average Bonchev–Trinajstić information content (AvgIpc) is 2.62. The second-order valence-electron chi connectivity index (χ2n) is 6.37. The van der Waals surface area contributed by atoms with Crippen molar-refractivity contribution in [3.05, 3.63) is 40.2 Å². The minimum absolute atomic E-state index is 0.0374. The van der Waals surface area contributed by atoms with Gasteiger partial charge in [-0.05, 0) is 25.0 Å². The van der Waals surface area contributed by atoms with Crippen LogP contribution in [0.5, 0.6) is 0 Å². The maximum Gasteiger partial charge on any atom is 0.307 e. The van der Waals surface area contributed by atoms with Crippen LogP contribution in [0, 0.1) is 6.92 Å². The number of pyridine rings is 1. The van der Waals surface area contributed by atoms with Gasteiger partial charge in [0.2, 0.25) is 0 Å². The third kappa shape index (κ3) is 3.26. The number of anilines is 1. The lowest BCUT2D eigenvalue weighted by molar-refractivity contribution is 0.109. The normalized spacial score (nSPS) is 15.0. The van der Waals surface area contributed by atoms with Gasteiger partial charge in [-0.15, -0.1) is 4.73 Å². The number of aryl methyl sites for hydroxylation is 1. The van der Waals surface area contributed by atoms with E-state index in [1.165, 1.54) is 4.73 Å². The molecular weight excluding hydrogens is 302 g/mol. The molecule has 0 amide bonds. The fourth-order valence-electron chi connectivity index (χ4n) is 3.36. The molecule has 0 spiro atoms. The molecular formula is C19H27N3O2. The summed E-state index contributed by atoms with van der Waals surface area (Å²) in [7, 11) is 0. The molecule has 0 saturated carbocycles. The van der Waals surface area contributed by atoms with Crippen molar-refractivity contribution >= 4 is 16.6 Å². The molecule has 1 N–H and O–H groups in total. The first-order chi connectivity index (χ1) is 11.7. The van der Waals surface area contributed by atoms with Gasteiger partial charge in [0.15, 0.2) is 0 Å². The Bertz CT molecular complexity index is 748. The highest BCUT2D eigenvalue weighted by molar-refractivity contribution is 5.86. The smallest absolute Gasteiger partial charge is 0.307 e. The predicted molar refractivity (Wildman–Crippen MR) is 99.0 cm³/mol. The standard InChI is InChI=1S/C19H27N3O2/c1-3-4-7-14-24-22-17-9-6-5-8-16(17)15(2)18(19(22)23)21-12-10-20-11-13-21/h5-6,8-9,20H,3-4,7,10-14H2,1-2H3. The van der Waals surface area contributed by atoms with Gasteiger partial charge in [0.05, 0.1) is 5.52 Å². The minimum Gasteiger partial charge on any atom is -0.410 e. The van der Waals surface area contributed by atoms with Crippen molar-refractivity contribution in [2.75, 3.05) is 37.7 Å². The predicted octanol–water partition coefficient (Wildman–Crippen LogP) is 2.34. The van der Waals surface area contributed by atoms with Gasteiger partial charge in [-0.2, -0.15) is 0 Å². The number of aromatic nitrogens is 1. The minimum atomic E-state index is -0.0374. The number of hydrogen-bond donors (Lipinski definition) is 1. The van der Waals surface area contributed by atoms with Crippen LogP contribution in [0.3, 0.4) is 0 Å². The number of para-hydroxylation sites is 1. The fraction of sp³-hybridized carbons (Fsp3) is 0.526. The fourth-order valence-corrected chi connectivity index (χ4v) is 3.36. The molecule has 0 bridgehead atoms. The molecule has 1 aromatic heterocycles. The summed E-state index contributed by atoms with van der Waals surface area (Å²) in [5.74, 6) is 0. The SMILES string of the molecule is CCCCCOn1c(=O)c(N2CCNCC2)c(C)c2ccccc21. The number of rotatable bonds is 6. The lowest BCUT2D eigenvalue weighted by atomic mass is 10.1. The van der Waals surface area contributed by atoms with Gasteiger partial charge in [0.25, 0.3) is 0 Å². The van der Waals surface area contributed by atoms with E-state index in [0.29, 0.717) is 6.61 Å². The molecule has 24 heavy (non-hydrogen) atoms. The molecule has 1 aliphatic rings. The first-order valence-electron chi connectivity index (χ1n) is 8.97. The Morgan fingerprint density at radius 2 is 1.92 bits per heavy atom. The van der Waals surface area contributed by atoms with Gasteiger partial charge in [0.1, 0.15) is 12.3 Å². The summed E-state index contributed by atoms with van der Waals surface area (Å²) in [4.78, 5) is 21.2. The maximum atomic E-state index is 13.1. The number of benzene rings is 1.